The maximum atomic E-state index is 9.42. The van der Waals surface area contributed by atoms with E-state index in [0.29, 0.717) is 0 Å². The van der Waals surface area contributed by atoms with Crippen molar-refractivity contribution in [2.24, 2.45) is 0 Å². The van der Waals surface area contributed by atoms with Crippen molar-refractivity contribution in [3.05, 3.63) is 28.2 Å². The summed E-state index contributed by atoms with van der Waals surface area (Å²) in [5, 5.41) is 9.42. The number of ether oxygens (including phenoxy) is 1. The number of benzene rings is 1. The highest BCUT2D eigenvalue weighted by Crippen LogP contribution is 2.25. The van der Waals surface area contributed by atoms with Crippen LogP contribution < -0.4 is 4.74 Å². The molecule has 0 radical (unpaired) electrons. The van der Waals surface area contributed by atoms with Gasteiger partial charge in [-0.3, -0.25) is 0 Å². The van der Waals surface area contributed by atoms with Gasteiger partial charge in [-0.15, -0.1) is 0 Å². The second kappa shape index (κ2) is 6.55. The first-order valence-electron chi connectivity index (χ1n) is 6.45. The van der Waals surface area contributed by atoms with Crippen LogP contribution in [0, 0.1) is 6.92 Å². The zero-order valence-electron chi connectivity index (χ0n) is 10.7. The van der Waals surface area contributed by atoms with E-state index in [4.69, 9.17) is 4.74 Å². The quantitative estimate of drug-likeness (QED) is 0.848. The number of aliphatic hydroxyl groups is 1. The minimum Gasteiger partial charge on any atom is -0.493 e. The Morgan fingerprint density at radius 1 is 1.50 bits per heavy atom. The van der Waals surface area contributed by atoms with Gasteiger partial charge in [0.25, 0.3) is 0 Å². The van der Waals surface area contributed by atoms with E-state index in [9.17, 15) is 5.11 Å². The second-order valence-electron chi connectivity index (χ2n) is 4.81. The fourth-order valence-electron chi connectivity index (χ4n) is 2.23. The molecule has 1 fully saturated rings. The Labute approximate surface area is 117 Å². The molecule has 1 atom stereocenters. The average Bonchev–Trinajstić information content (AvgIpc) is 2.76. The van der Waals surface area contributed by atoms with Gasteiger partial charge in [0.15, 0.2) is 0 Å². The minimum atomic E-state index is -0.127. The Hall–Kier alpha value is -0.580. The van der Waals surface area contributed by atoms with Crippen molar-refractivity contribution in [1.82, 2.24) is 4.90 Å². The highest BCUT2D eigenvalue weighted by Gasteiger charge is 2.19. The van der Waals surface area contributed by atoms with E-state index >= 15 is 0 Å². The Morgan fingerprint density at radius 3 is 3.06 bits per heavy atom. The Morgan fingerprint density at radius 2 is 2.33 bits per heavy atom. The first-order chi connectivity index (χ1) is 8.66. The van der Waals surface area contributed by atoms with Gasteiger partial charge in [0.2, 0.25) is 0 Å². The molecule has 18 heavy (non-hydrogen) atoms. The molecule has 2 rings (SSSR count). The summed E-state index contributed by atoms with van der Waals surface area (Å²) in [5.74, 6) is 0.950. The van der Waals surface area contributed by atoms with Crippen LogP contribution in [0.5, 0.6) is 5.75 Å². The van der Waals surface area contributed by atoms with Crippen LogP contribution >= 0.6 is 15.9 Å². The minimum absolute atomic E-state index is 0.127. The number of rotatable bonds is 5. The lowest BCUT2D eigenvalue weighted by Gasteiger charge is -2.15. The van der Waals surface area contributed by atoms with Gasteiger partial charge in [0, 0.05) is 29.7 Å². The summed E-state index contributed by atoms with van der Waals surface area (Å²) in [6.45, 7) is 5.61. The predicted molar refractivity (Wildman–Crippen MR) is 76.1 cm³/mol. The Bertz CT molecular complexity index is 397. The summed E-state index contributed by atoms with van der Waals surface area (Å²) >= 11 is 3.50. The molecule has 100 valence electrons. The lowest BCUT2D eigenvalue weighted by molar-refractivity contribution is 0.173. The third kappa shape index (κ3) is 3.70. The van der Waals surface area contributed by atoms with Crippen molar-refractivity contribution in [3.8, 4) is 5.75 Å². The maximum Gasteiger partial charge on any atom is 0.123 e. The van der Waals surface area contributed by atoms with Crippen molar-refractivity contribution in [3.63, 3.8) is 0 Å². The number of hydrogen-bond donors (Lipinski definition) is 1. The first kappa shape index (κ1) is 13.8. The van der Waals surface area contributed by atoms with Crippen molar-refractivity contribution < 1.29 is 9.84 Å². The van der Waals surface area contributed by atoms with Gasteiger partial charge in [0.1, 0.15) is 5.75 Å². The normalized spacial score (nSPS) is 20.3. The first-order valence-corrected chi connectivity index (χ1v) is 7.24. The standard InChI is InChI=1S/C14H20BrNO2/c1-11-13(15)4-2-5-14(11)18-9-3-7-16-8-6-12(17)10-16/h2,4-5,12,17H,3,6-10H2,1H3/t12-/m1/s1. The van der Waals surface area contributed by atoms with Crippen LogP contribution in [0.1, 0.15) is 18.4 Å². The van der Waals surface area contributed by atoms with E-state index in [1.807, 2.05) is 18.2 Å². The molecular formula is C14H20BrNO2. The molecule has 1 N–H and O–H groups in total. The van der Waals surface area contributed by atoms with Crippen LogP contribution in [0.2, 0.25) is 0 Å². The van der Waals surface area contributed by atoms with Crippen LogP contribution in [-0.2, 0) is 0 Å². The van der Waals surface area contributed by atoms with Gasteiger partial charge in [0.05, 0.1) is 12.7 Å². The maximum absolute atomic E-state index is 9.42. The van der Waals surface area contributed by atoms with E-state index < -0.39 is 0 Å². The van der Waals surface area contributed by atoms with Crippen LogP contribution in [0.25, 0.3) is 0 Å². The Balaban J connectivity index is 1.70. The van der Waals surface area contributed by atoms with E-state index in [2.05, 4.69) is 27.8 Å². The van der Waals surface area contributed by atoms with Gasteiger partial charge < -0.3 is 14.7 Å². The summed E-state index contributed by atoms with van der Waals surface area (Å²) in [7, 11) is 0. The lowest BCUT2D eigenvalue weighted by Crippen LogP contribution is -2.24. The van der Waals surface area contributed by atoms with E-state index in [0.717, 1.165) is 54.9 Å². The molecule has 1 heterocycles. The molecule has 4 heteroatoms. The highest BCUT2D eigenvalue weighted by molar-refractivity contribution is 9.10. The molecule has 1 aromatic rings. The summed E-state index contributed by atoms with van der Waals surface area (Å²) in [4.78, 5) is 2.29. The molecule has 0 aliphatic carbocycles. The molecule has 3 nitrogen and oxygen atoms in total. The van der Waals surface area contributed by atoms with E-state index in [1.165, 1.54) is 0 Å². The largest absolute Gasteiger partial charge is 0.493 e. The smallest absolute Gasteiger partial charge is 0.123 e. The molecule has 0 aromatic heterocycles. The fraction of sp³-hybridized carbons (Fsp3) is 0.571. The molecule has 1 aliphatic rings. The van der Waals surface area contributed by atoms with Crippen molar-refractivity contribution in [1.29, 1.82) is 0 Å². The van der Waals surface area contributed by atoms with Gasteiger partial charge in [-0.25, -0.2) is 0 Å². The summed E-state index contributed by atoms with van der Waals surface area (Å²) in [6, 6.07) is 6.01. The zero-order valence-corrected chi connectivity index (χ0v) is 12.3. The SMILES string of the molecule is Cc1c(Br)cccc1OCCCN1CC[C@@H](O)C1. The molecule has 1 aromatic carbocycles. The fourth-order valence-corrected chi connectivity index (χ4v) is 2.58. The predicted octanol–water partition coefficient (Wildman–Crippen LogP) is 2.59. The number of halogens is 1. The molecule has 0 saturated carbocycles. The number of hydrogen-bond acceptors (Lipinski definition) is 3. The highest BCUT2D eigenvalue weighted by atomic mass is 79.9. The van der Waals surface area contributed by atoms with E-state index in [-0.39, 0.29) is 6.10 Å². The van der Waals surface area contributed by atoms with Crippen molar-refractivity contribution in [2.45, 2.75) is 25.9 Å². The molecule has 0 spiro atoms. The van der Waals surface area contributed by atoms with Crippen LogP contribution in [0.3, 0.4) is 0 Å². The van der Waals surface area contributed by atoms with Gasteiger partial charge >= 0.3 is 0 Å². The molecule has 0 bridgehead atoms. The van der Waals surface area contributed by atoms with Crippen LogP contribution in [-0.4, -0.2) is 42.4 Å². The summed E-state index contributed by atoms with van der Waals surface area (Å²) in [5.41, 5.74) is 1.15. The van der Waals surface area contributed by atoms with Crippen molar-refractivity contribution in [2.75, 3.05) is 26.2 Å². The lowest BCUT2D eigenvalue weighted by atomic mass is 10.2. The summed E-state index contributed by atoms with van der Waals surface area (Å²) in [6.07, 6.45) is 1.78. The van der Waals surface area contributed by atoms with Gasteiger partial charge in [-0.05, 0) is 31.9 Å². The second-order valence-corrected chi connectivity index (χ2v) is 5.66. The van der Waals surface area contributed by atoms with Crippen LogP contribution in [0.15, 0.2) is 22.7 Å². The number of β-amino-alcohol motifs (C(OH)–C–C–N with tert-alkyl or cyclic N) is 1. The molecule has 0 amide bonds. The van der Waals surface area contributed by atoms with Gasteiger partial charge in [-0.2, -0.15) is 0 Å². The number of nitrogens with zero attached hydrogens (tertiary/aromatic N) is 1. The number of aliphatic hydroxyl groups excluding tert-OH is 1. The topological polar surface area (TPSA) is 32.7 Å². The third-order valence-electron chi connectivity index (χ3n) is 3.34. The molecule has 1 saturated heterocycles. The van der Waals surface area contributed by atoms with Crippen LogP contribution in [0.4, 0.5) is 0 Å². The zero-order chi connectivity index (χ0) is 13.0. The number of likely N-dealkylation sites (tertiary alicyclic amines) is 1. The molecule has 0 unspecified atom stereocenters. The Kier molecular flexibility index (Phi) is 5.03. The third-order valence-corrected chi connectivity index (χ3v) is 4.20. The average molecular weight is 314 g/mol. The van der Waals surface area contributed by atoms with Crippen molar-refractivity contribution >= 4 is 15.9 Å². The monoisotopic (exact) mass is 313 g/mol. The summed E-state index contributed by atoms with van der Waals surface area (Å²) < 4.78 is 6.87. The molecule has 1 aliphatic heterocycles. The van der Waals surface area contributed by atoms with Gasteiger partial charge in [-0.1, -0.05) is 22.0 Å². The van der Waals surface area contributed by atoms with E-state index in [1.54, 1.807) is 0 Å². The molecular weight excluding hydrogens is 294 g/mol.